The van der Waals surface area contributed by atoms with E-state index in [-0.39, 0.29) is 23.6 Å². The Kier molecular flexibility index (Phi) is 5.40. The molecule has 6 nitrogen and oxygen atoms in total. The standard InChI is InChI=1S/C18H20N2O4/c21-17-7-6-14(10-19-17)18(22)20-15-12-23-9-8-16(15)24-11-13-4-2-1-3-5-13/h1-7,10,15-16H,8-9,11-12H2,(H,19,21)(H,20,22)/t15-,16+/m1/s1. The maximum Gasteiger partial charge on any atom is 0.253 e. The predicted octanol–water partition coefficient (Wildman–Crippen LogP) is 1.48. The summed E-state index contributed by atoms with van der Waals surface area (Å²) in [6.45, 7) is 1.52. The number of carbonyl (C=O) groups excluding carboxylic acids is 1. The summed E-state index contributed by atoms with van der Waals surface area (Å²) in [5.41, 5.74) is 1.26. The molecule has 1 aromatic carbocycles. The van der Waals surface area contributed by atoms with Gasteiger partial charge < -0.3 is 19.8 Å². The monoisotopic (exact) mass is 328 g/mol. The van der Waals surface area contributed by atoms with E-state index in [2.05, 4.69) is 10.3 Å². The number of aromatic amines is 1. The summed E-state index contributed by atoms with van der Waals surface area (Å²) >= 11 is 0. The number of rotatable bonds is 5. The second kappa shape index (κ2) is 7.90. The maximum absolute atomic E-state index is 12.3. The average Bonchev–Trinajstić information content (AvgIpc) is 2.62. The van der Waals surface area contributed by atoms with Gasteiger partial charge in [-0.1, -0.05) is 30.3 Å². The first-order valence-electron chi connectivity index (χ1n) is 7.95. The van der Waals surface area contributed by atoms with Crippen LogP contribution in [-0.2, 0) is 16.1 Å². The molecule has 24 heavy (non-hydrogen) atoms. The predicted molar refractivity (Wildman–Crippen MR) is 88.8 cm³/mol. The summed E-state index contributed by atoms with van der Waals surface area (Å²) in [5, 5.41) is 2.93. The molecule has 6 heteroatoms. The van der Waals surface area contributed by atoms with Gasteiger partial charge in [0.15, 0.2) is 0 Å². The van der Waals surface area contributed by atoms with E-state index in [1.54, 1.807) is 0 Å². The van der Waals surface area contributed by atoms with Crippen LogP contribution in [0.5, 0.6) is 0 Å². The zero-order valence-corrected chi connectivity index (χ0v) is 13.2. The van der Waals surface area contributed by atoms with Gasteiger partial charge in [-0.2, -0.15) is 0 Å². The molecule has 0 radical (unpaired) electrons. The normalized spacial score (nSPS) is 20.5. The van der Waals surface area contributed by atoms with Crippen molar-refractivity contribution in [3.8, 4) is 0 Å². The number of pyridine rings is 1. The lowest BCUT2D eigenvalue weighted by Crippen LogP contribution is -2.50. The molecular weight excluding hydrogens is 308 g/mol. The highest BCUT2D eigenvalue weighted by molar-refractivity contribution is 5.94. The first kappa shape index (κ1) is 16.4. The number of nitrogens with one attached hydrogen (secondary N) is 2. The first-order valence-corrected chi connectivity index (χ1v) is 7.95. The fourth-order valence-corrected chi connectivity index (χ4v) is 2.63. The van der Waals surface area contributed by atoms with E-state index in [1.165, 1.54) is 18.3 Å². The summed E-state index contributed by atoms with van der Waals surface area (Å²) in [5.74, 6) is -0.255. The van der Waals surface area contributed by atoms with Gasteiger partial charge in [0.05, 0.1) is 30.9 Å². The van der Waals surface area contributed by atoms with Crippen molar-refractivity contribution >= 4 is 5.91 Å². The molecule has 1 aliphatic heterocycles. The molecule has 2 N–H and O–H groups in total. The molecule has 2 atom stereocenters. The molecule has 3 rings (SSSR count). The van der Waals surface area contributed by atoms with E-state index < -0.39 is 0 Å². The molecule has 1 aliphatic rings. The summed E-state index contributed by atoms with van der Waals surface area (Å²) in [7, 11) is 0. The highest BCUT2D eigenvalue weighted by Gasteiger charge is 2.28. The number of ether oxygens (including phenoxy) is 2. The second-order valence-electron chi connectivity index (χ2n) is 5.72. The smallest absolute Gasteiger partial charge is 0.253 e. The van der Waals surface area contributed by atoms with Crippen LogP contribution in [0, 0.1) is 0 Å². The molecule has 126 valence electrons. The number of carbonyl (C=O) groups is 1. The van der Waals surface area contributed by atoms with Gasteiger partial charge in [0.2, 0.25) is 5.56 Å². The fraction of sp³-hybridized carbons (Fsp3) is 0.333. The summed E-state index contributed by atoms with van der Waals surface area (Å²) in [4.78, 5) is 25.9. The van der Waals surface area contributed by atoms with Crippen LogP contribution in [0.3, 0.4) is 0 Å². The van der Waals surface area contributed by atoms with Crippen LogP contribution >= 0.6 is 0 Å². The topological polar surface area (TPSA) is 80.4 Å². The van der Waals surface area contributed by atoms with Crippen molar-refractivity contribution in [2.24, 2.45) is 0 Å². The lowest BCUT2D eigenvalue weighted by Gasteiger charge is -2.32. The van der Waals surface area contributed by atoms with Gasteiger partial charge in [0.25, 0.3) is 5.91 Å². The maximum atomic E-state index is 12.3. The molecule has 1 fully saturated rings. The third-order valence-electron chi connectivity index (χ3n) is 3.96. The molecule has 0 saturated carbocycles. The third-order valence-corrected chi connectivity index (χ3v) is 3.96. The number of benzene rings is 1. The Hall–Kier alpha value is -2.44. The minimum absolute atomic E-state index is 0.106. The highest BCUT2D eigenvalue weighted by atomic mass is 16.5. The molecule has 0 spiro atoms. The van der Waals surface area contributed by atoms with E-state index >= 15 is 0 Å². The summed E-state index contributed by atoms with van der Waals surface area (Å²) in [6.07, 6.45) is 2.02. The Morgan fingerprint density at radius 2 is 2.08 bits per heavy atom. The van der Waals surface area contributed by atoms with Crippen LogP contribution in [0.4, 0.5) is 0 Å². The SMILES string of the molecule is O=C(N[C@@H]1COCC[C@@H]1OCc1ccccc1)c1ccc(=O)[nH]c1. The van der Waals surface area contributed by atoms with Crippen LogP contribution in [0.25, 0.3) is 0 Å². The van der Waals surface area contributed by atoms with E-state index in [0.717, 1.165) is 12.0 Å². The van der Waals surface area contributed by atoms with Crippen molar-refractivity contribution in [2.75, 3.05) is 13.2 Å². The van der Waals surface area contributed by atoms with Gasteiger partial charge in [-0.3, -0.25) is 9.59 Å². The third kappa shape index (κ3) is 4.31. The summed E-state index contributed by atoms with van der Waals surface area (Å²) in [6, 6.07) is 12.5. The van der Waals surface area contributed by atoms with Crippen LogP contribution in [0.15, 0.2) is 53.5 Å². The van der Waals surface area contributed by atoms with E-state index in [1.807, 2.05) is 30.3 Å². The Morgan fingerprint density at radius 3 is 2.83 bits per heavy atom. The highest BCUT2D eigenvalue weighted by Crippen LogP contribution is 2.15. The molecule has 2 heterocycles. The fourth-order valence-electron chi connectivity index (χ4n) is 2.63. The van der Waals surface area contributed by atoms with Crippen LogP contribution in [0.1, 0.15) is 22.3 Å². The van der Waals surface area contributed by atoms with Crippen LogP contribution in [0.2, 0.25) is 0 Å². The minimum atomic E-state index is -0.255. The quantitative estimate of drug-likeness (QED) is 0.871. The first-order chi connectivity index (χ1) is 11.7. The molecular formula is C18H20N2O4. The largest absolute Gasteiger partial charge is 0.379 e. The van der Waals surface area contributed by atoms with E-state index in [0.29, 0.717) is 25.4 Å². The van der Waals surface area contributed by atoms with E-state index in [9.17, 15) is 9.59 Å². The molecule has 1 amide bonds. The van der Waals surface area contributed by atoms with Crippen LogP contribution in [-0.4, -0.2) is 36.3 Å². The Labute approximate surface area is 139 Å². The Bertz CT molecular complexity index is 709. The molecule has 0 unspecified atom stereocenters. The molecule has 1 saturated heterocycles. The zero-order valence-electron chi connectivity index (χ0n) is 13.2. The lowest BCUT2D eigenvalue weighted by molar-refractivity contribution is -0.0605. The van der Waals surface area contributed by atoms with Crippen molar-refractivity contribution < 1.29 is 14.3 Å². The number of hydrogen-bond acceptors (Lipinski definition) is 4. The minimum Gasteiger partial charge on any atom is -0.379 e. The molecule has 0 aliphatic carbocycles. The van der Waals surface area contributed by atoms with Gasteiger partial charge in [-0.05, 0) is 18.1 Å². The Morgan fingerprint density at radius 1 is 1.25 bits per heavy atom. The second-order valence-corrected chi connectivity index (χ2v) is 5.72. The van der Waals surface area contributed by atoms with Crippen molar-refractivity contribution in [3.05, 3.63) is 70.1 Å². The lowest BCUT2D eigenvalue weighted by atomic mass is 10.1. The van der Waals surface area contributed by atoms with Crippen molar-refractivity contribution in [1.29, 1.82) is 0 Å². The van der Waals surface area contributed by atoms with Gasteiger partial charge in [0.1, 0.15) is 0 Å². The number of amides is 1. The summed E-state index contributed by atoms with van der Waals surface area (Å²) < 4.78 is 11.5. The van der Waals surface area contributed by atoms with E-state index in [4.69, 9.17) is 9.47 Å². The Balaban J connectivity index is 1.60. The number of H-pyrrole nitrogens is 1. The molecule has 2 aromatic rings. The van der Waals surface area contributed by atoms with Gasteiger partial charge in [0, 0.05) is 18.9 Å². The van der Waals surface area contributed by atoms with Gasteiger partial charge >= 0.3 is 0 Å². The van der Waals surface area contributed by atoms with Gasteiger partial charge in [-0.25, -0.2) is 0 Å². The molecule has 0 bridgehead atoms. The van der Waals surface area contributed by atoms with Crippen molar-refractivity contribution in [3.63, 3.8) is 0 Å². The average molecular weight is 328 g/mol. The molecule has 1 aromatic heterocycles. The van der Waals surface area contributed by atoms with Crippen molar-refractivity contribution in [1.82, 2.24) is 10.3 Å². The number of hydrogen-bond donors (Lipinski definition) is 2. The zero-order chi connectivity index (χ0) is 16.8. The van der Waals surface area contributed by atoms with Gasteiger partial charge in [-0.15, -0.1) is 0 Å². The number of aromatic nitrogens is 1. The van der Waals surface area contributed by atoms with Crippen LogP contribution < -0.4 is 10.9 Å². The van der Waals surface area contributed by atoms with Crippen molar-refractivity contribution in [2.45, 2.75) is 25.2 Å².